The number of pyridine rings is 1. The molecule has 9 nitrogen and oxygen atoms in total. The predicted molar refractivity (Wildman–Crippen MR) is 155 cm³/mol. The molecule has 0 radical (unpaired) electrons. The summed E-state index contributed by atoms with van der Waals surface area (Å²) in [6.07, 6.45) is 9.09. The maximum atomic E-state index is 12.4. The number of amides is 2. The number of urea groups is 1. The van der Waals surface area contributed by atoms with Crippen LogP contribution in [0, 0.1) is 0 Å². The maximum Gasteiger partial charge on any atom is 0.317 e. The largest absolute Gasteiger partial charge is 0.370 e. The molecule has 0 atom stereocenters. The zero-order valence-electron chi connectivity index (χ0n) is 23.9. The molecule has 9 heteroatoms. The van der Waals surface area contributed by atoms with Crippen molar-refractivity contribution in [2.75, 3.05) is 57.3 Å². The first-order valence-corrected chi connectivity index (χ1v) is 14.5. The molecule has 0 aliphatic carbocycles. The summed E-state index contributed by atoms with van der Waals surface area (Å²) < 4.78 is 8.32. The van der Waals surface area contributed by atoms with Crippen LogP contribution in [0.3, 0.4) is 0 Å². The van der Waals surface area contributed by atoms with Crippen LogP contribution in [-0.2, 0) is 10.3 Å². The molecule has 39 heavy (non-hydrogen) atoms. The van der Waals surface area contributed by atoms with Crippen LogP contribution in [-0.4, -0.2) is 88.9 Å². The average molecular weight is 534 g/mol. The normalized spacial score (nSPS) is 18.2. The summed E-state index contributed by atoms with van der Waals surface area (Å²) in [4.78, 5) is 24.1. The highest BCUT2D eigenvalue weighted by atomic mass is 16.5. The van der Waals surface area contributed by atoms with Crippen molar-refractivity contribution in [3.05, 3.63) is 48.4 Å². The van der Waals surface area contributed by atoms with Crippen LogP contribution in [0.4, 0.5) is 10.5 Å². The second-order valence-corrected chi connectivity index (χ2v) is 11.1. The van der Waals surface area contributed by atoms with Crippen molar-refractivity contribution in [3.8, 4) is 11.3 Å². The highest BCUT2D eigenvalue weighted by Gasteiger charge is 2.37. The lowest BCUT2D eigenvalue weighted by Crippen LogP contribution is -2.53. The summed E-state index contributed by atoms with van der Waals surface area (Å²) in [6, 6.07) is 8.71. The SMILES string of the molecule is CCCN1CCC(OCC)(c2ccc(-c3cc4c(N5CCN(C(=O)NC(C)C)CC5)ccnn4c3)nc2)CC1. The van der Waals surface area contributed by atoms with Gasteiger partial charge in [0, 0.05) is 81.6 Å². The summed E-state index contributed by atoms with van der Waals surface area (Å²) in [6.45, 7) is 15.2. The number of hydrogen-bond acceptors (Lipinski definition) is 6. The molecule has 1 N–H and O–H groups in total. The molecule has 0 spiro atoms. The lowest BCUT2D eigenvalue weighted by molar-refractivity contribution is -0.0851. The number of piperazine rings is 1. The van der Waals surface area contributed by atoms with Crippen LogP contribution < -0.4 is 10.2 Å². The summed E-state index contributed by atoms with van der Waals surface area (Å²) in [5, 5.41) is 7.57. The van der Waals surface area contributed by atoms with Gasteiger partial charge in [-0.25, -0.2) is 9.31 Å². The van der Waals surface area contributed by atoms with Gasteiger partial charge < -0.3 is 24.8 Å². The number of nitrogens with zero attached hydrogens (tertiary/aromatic N) is 6. The molecule has 2 fully saturated rings. The van der Waals surface area contributed by atoms with Gasteiger partial charge in [0.15, 0.2) is 0 Å². The third kappa shape index (κ3) is 5.89. The van der Waals surface area contributed by atoms with Crippen molar-refractivity contribution in [3.63, 3.8) is 0 Å². The lowest BCUT2D eigenvalue weighted by Gasteiger charge is -2.41. The van der Waals surface area contributed by atoms with E-state index in [0.717, 1.165) is 68.0 Å². The monoisotopic (exact) mass is 533 g/mol. The number of nitrogens with one attached hydrogen (secondary N) is 1. The van der Waals surface area contributed by atoms with Gasteiger partial charge in [-0.15, -0.1) is 0 Å². The second-order valence-electron chi connectivity index (χ2n) is 11.1. The topological polar surface area (TPSA) is 78.2 Å². The van der Waals surface area contributed by atoms with Crippen LogP contribution in [0.15, 0.2) is 42.9 Å². The van der Waals surface area contributed by atoms with E-state index in [0.29, 0.717) is 19.7 Å². The van der Waals surface area contributed by atoms with Crippen molar-refractivity contribution < 1.29 is 9.53 Å². The van der Waals surface area contributed by atoms with Crippen LogP contribution in [0.1, 0.15) is 52.5 Å². The summed E-state index contributed by atoms with van der Waals surface area (Å²) in [5.74, 6) is 0. The van der Waals surface area contributed by atoms with Gasteiger partial charge in [-0.3, -0.25) is 4.98 Å². The fourth-order valence-electron chi connectivity index (χ4n) is 5.98. The van der Waals surface area contributed by atoms with Gasteiger partial charge in [-0.2, -0.15) is 5.10 Å². The van der Waals surface area contributed by atoms with E-state index < -0.39 is 0 Å². The van der Waals surface area contributed by atoms with E-state index in [1.165, 1.54) is 12.0 Å². The Bertz CT molecular complexity index is 1240. The van der Waals surface area contributed by atoms with Crippen molar-refractivity contribution in [1.82, 2.24) is 29.7 Å². The quantitative estimate of drug-likeness (QED) is 0.463. The molecule has 2 amide bonds. The number of likely N-dealkylation sites (tertiary alicyclic amines) is 1. The van der Waals surface area contributed by atoms with Crippen molar-refractivity contribution in [2.45, 2.75) is 58.6 Å². The molecular weight excluding hydrogens is 490 g/mol. The van der Waals surface area contributed by atoms with Crippen molar-refractivity contribution in [2.24, 2.45) is 0 Å². The van der Waals surface area contributed by atoms with Crippen molar-refractivity contribution >= 4 is 17.2 Å². The lowest BCUT2D eigenvalue weighted by atomic mass is 9.84. The van der Waals surface area contributed by atoms with E-state index in [2.05, 4.69) is 64.5 Å². The second kappa shape index (κ2) is 11.9. The summed E-state index contributed by atoms with van der Waals surface area (Å²) in [5.41, 5.74) is 5.07. The molecule has 2 saturated heterocycles. The first kappa shape index (κ1) is 27.4. The number of fused-ring (bicyclic) bond motifs is 1. The Morgan fingerprint density at radius 3 is 2.49 bits per heavy atom. The minimum absolute atomic E-state index is 0.0154. The molecule has 0 saturated carbocycles. The van der Waals surface area contributed by atoms with Crippen LogP contribution in [0.2, 0.25) is 0 Å². The number of aromatic nitrogens is 3. The average Bonchev–Trinajstić information content (AvgIpc) is 3.39. The number of rotatable bonds is 8. The highest BCUT2D eigenvalue weighted by Crippen LogP contribution is 2.37. The zero-order valence-corrected chi connectivity index (χ0v) is 23.9. The number of carbonyl (C=O) groups excluding carboxylic acids is 1. The molecule has 2 aliphatic rings. The summed E-state index contributed by atoms with van der Waals surface area (Å²) >= 11 is 0. The molecule has 3 aromatic heterocycles. The molecule has 5 rings (SSSR count). The Hall–Kier alpha value is -3.17. The molecule has 210 valence electrons. The van der Waals surface area contributed by atoms with Gasteiger partial charge in [-0.1, -0.05) is 13.0 Å². The Balaban J connectivity index is 1.32. The fraction of sp³-hybridized carbons (Fsp3) is 0.567. The Morgan fingerprint density at radius 2 is 1.85 bits per heavy atom. The van der Waals surface area contributed by atoms with E-state index in [1.54, 1.807) is 0 Å². The minimum atomic E-state index is -0.251. The third-order valence-corrected chi connectivity index (χ3v) is 8.02. The number of anilines is 1. The molecule has 5 heterocycles. The number of hydrogen-bond donors (Lipinski definition) is 1. The Labute approximate surface area is 232 Å². The number of carbonyl (C=O) groups is 1. The van der Waals surface area contributed by atoms with E-state index in [4.69, 9.17) is 9.72 Å². The number of piperidine rings is 1. The van der Waals surface area contributed by atoms with Gasteiger partial charge in [0.05, 0.1) is 22.5 Å². The van der Waals surface area contributed by atoms with Gasteiger partial charge in [0.2, 0.25) is 0 Å². The molecule has 3 aromatic rings. The number of ether oxygens (including phenoxy) is 1. The fourth-order valence-corrected chi connectivity index (χ4v) is 5.98. The predicted octanol–water partition coefficient (Wildman–Crippen LogP) is 4.37. The van der Waals surface area contributed by atoms with E-state index >= 15 is 0 Å². The molecule has 2 aliphatic heterocycles. The van der Waals surface area contributed by atoms with Gasteiger partial charge >= 0.3 is 6.03 Å². The minimum Gasteiger partial charge on any atom is -0.370 e. The van der Waals surface area contributed by atoms with Gasteiger partial charge in [0.1, 0.15) is 0 Å². The third-order valence-electron chi connectivity index (χ3n) is 8.02. The smallest absolute Gasteiger partial charge is 0.317 e. The van der Waals surface area contributed by atoms with E-state index in [1.807, 2.05) is 35.7 Å². The zero-order chi connectivity index (χ0) is 27.4. The molecule has 0 aromatic carbocycles. The van der Waals surface area contributed by atoms with E-state index in [-0.39, 0.29) is 17.7 Å². The maximum absolute atomic E-state index is 12.4. The molecular formula is C30H43N7O2. The molecule has 0 unspecified atom stereocenters. The van der Waals surface area contributed by atoms with Crippen LogP contribution in [0.25, 0.3) is 16.8 Å². The van der Waals surface area contributed by atoms with Crippen LogP contribution in [0.5, 0.6) is 0 Å². The van der Waals surface area contributed by atoms with Gasteiger partial charge in [-0.05, 0) is 64.8 Å². The Morgan fingerprint density at radius 1 is 1.08 bits per heavy atom. The molecule has 0 bridgehead atoms. The van der Waals surface area contributed by atoms with Crippen LogP contribution >= 0.6 is 0 Å². The standard InChI is InChI=1S/C30H43N7O2/c1-5-13-34-14-10-30(11-15-34,39-6-2)25-7-8-26(31-21-25)24-20-28-27(9-12-32-37(28)22-24)35-16-18-36(19-17-35)29(38)33-23(3)4/h7-9,12,20-23H,5-6,10-11,13-19H2,1-4H3,(H,33,38). The Kier molecular flexibility index (Phi) is 8.37. The van der Waals surface area contributed by atoms with E-state index in [9.17, 15) is 4.79 Å². The van der Waals surface area contributed by atoms with Gasteiger partial charge in [0.25, 0.3) is 0 Å². The first-order valence-electron chi connectivity index (χ1n) is 14.5. The highest BCUT2D eigenvalue weighted by molar-refractivity contribution is 5.79. The summed E-state index contributed by atoms with van der Waals surface area (Å²) in [7, 11) is 0. The first-order chi connectivity index (χ1) is 18.9. The van der Waals surface area contributed by atoms with Crippen molar-refractivity contribution in [1.29, 1.82) is 0 Å².